The molecule has 0 amide bonds. The first-order valence-corrected chi connectivity index (χ1v) is 10.6. The molecule has 6 aliphatic rings. The molecule has 4 heterocycles. The first-order valence-electron chi connectivity index (χ1n) is 10.6. The molecule has 2 N–H and O–H groups in total. The van der Waals surface area contributed by atoms with Crippen LogP contribution >= 0.6 is 0 Å². The van der Waals surface area contributed by atoms with E-state index in [0.29, 0.717) is 18.6 Å². The molecule has 6 atom stereocenters. The summed E-state index contributed by atoms with van der Waals surface area (Å²) in [5, 5.41) is 24.6. The van der Waals surface area contributed by atoms with Gasteiger partial charge < -0.3 is 15.2 Å². The number of carbonyl (C=O) groups is 3. The van der Waals surface area contributed by atoms with Gasteiger partial charge in [0, 0.05) is 30.0 Å². The zero-order valence-electron chi connectivity index (χ0n) is 16.6. The first kappa shape index (κ1) is 18.9. The highest BCUT2D eigenvalue weighted by molar-refractivity contribution is 6.48. The minimum Gasteiger partial charge on any atom is -0.481 e. The number of allylic oxidation sites excluding steroid dienone is 3. The molecule has 6 rings (SSSR count). The van der Waals surface area contributed by atoms with E-state index in [2.05, 4.69) is 16.3 Å². The highest BCUT2D eigenvalue weighted by Gasteiger charge is 2.69. The molecule has 2 aliphatic carbocycles. The van der Waals surface area contributed by atoms with Crippen LogP contribution in [0.5, 0.6) is 0 Å². The van der Waals surface area contributed by atoms with Crippen LogP contribution in [0.25, 0.3) is 0 Å². The van der Waals surface area contributed by atoms with Gasteiger partial charge in [-0.1, -0.05) is 11.6 Å². The van der Waals surface area contributed by atoms with Gasteiger partial charge in [0.05, 0.1) is 24.1 Å². The Morgan fingerprint density at radius 2 is 2.23 bits per heavy atom. The number of carboxylic acid groups (broad SMARTS) is 1. The molecule has 10 nitrogen and oxygen atoms in total. The SMILES string of the molecule is O=C(O)C[C@@H]1OCC=C2CN3CC[C@]45C6=CC(=O)C(=O)C([N+](=O)[O-])=C6N[C@H]4[C@@H]1[C@H]2C[C@@H]35. The third-order valence-corrected chi connectivity index (χ3v) is 8.26. The third-order valence-electron chi connectivity index (χ3n) is 8.26. The first-order chi connectivity index (χ1) is 14.8. The fourth-order valence-electron chi connectivity index (χ4n) is 7.23. The summed E-state index contributed by atoms with van der Waals surface area (Å²) in [7, 11) is 0. The van der Waals surface area contributed by atoms with Gasteiger partial charge in [-0.15, -0.1) is 0 Å². The summed E-state index contributed by atoms with van der Waals surface area (Å²) in [4.78, 5) is 49.8. The molecule has 1 spiro atoms. The Hall–Kier alpha value is -2.85. The number of aliphatic carboxylic acids is 1. The van der Waals surface area contributed by atoms with Crippen LogP contribution in [0.15, 0.2) is 34.7 Å². The summed E-state index contributed by atoms with van der Waals surface area (Å²) in [6, 6.07) is -0.271. The number of hydrogen-bond donors (Lipinski definition) is 2. The average Bonchev–Trinajstić information content (AvgIpc) is 3.18. The van der Waals surface area contributed by atoms with Crippen LogP contribution < -0.4 is 5.32 Å². The molecule has 4 aliphatic heterocycles. The number of ether oxygens (including phenoxy) is 1. The minimum atomic E-state index is -1.11. The van der Waals surface area contributed by atoms with E-state index in [1.165, 1.54) is 11.6 Å². The molecule has 0 unspecified atom stereocenters. The fraction of sp³-hybridized carbons (Fsp3) is 0.571. The maximum atomic E-state index is 12.4. The second-order valence-corrected chi connectivity index (χ2v) is 9.30. The number of rotatable bonds is 3. The molecule has 31 heavy (non-hydrogen) atoms. The number of carboxylic acids is 1. The van der Waals surface area contributed by atoms with Gasteiger partial charge >= 0.3 is 17.4 Å². The molecule has 10 heteroatoms. The molecule has 2 bridgehead atoms. The maximum Gasteiger partial charge on any atom is 0.343 e. The fourth-order valence-corrected chi connectivity index (χ4v) is 7.23. The van der Waals surface area contributed by atoms with Crippen molar-refractivity contribution in [2.24, 2.45) is 17.3 Å². The summed E-state index contributed by atoms with van der Waals surface area (Å²) in [5.41, 5.74) is 0.637. The standard InChI is InChI=1S/C21H21N3O7/c25-12-6-11-17(18(19(12)28)24(29)30)22-20-16-10-5-14-21(11,20)2-3-23(14)8-9(10)1-4-31-13(16)7-15(26)27/h1,6,10,13-14,16,20,22H,2-5,7-8H2,(H,26,27)/t10-,13-,14+,16+,20-,21+/m0/s1. The molecule has 1 saturated carbocycles. The van der Waals surface area contributed by atoms with Crippen molar-refractivity contribution >= 4 is 17.5 Å². The zero-order valence-corrected chi connectivity index (χ0v) is 16.6. The predicted octanol–water partition coefficient (Wildman–Crippen LogP) is 0.0350. The second kappa shape index (κ2) is 6.10. The van der Waals surface area contributed by atoms with Gasteiger partial charge in [0.25, 0.3) is 0 Å². The number of nitrogens with zero attached hydrogens (tertiary/aromatic N) is 2. The Morgan fingerprint density at radius 1 is 1.42 bits per heavy atom. The van der Waals surface area contributed by atoms with E-state index in [0.717, 1.165) is 19.5 Å². The lowest BCUT2D eigenvalue weighted by molar-refractivity contribution is -0.419. The lowest BCUT2D eigenvalue weighted by Crippen LogP contribution is -2.63. The van der Waals surface area contributed by atoms with Gasteiger partial charge in [-0.05, 0) is 37.0 Å². The predicted molar refractivity (Wildman–Crippen MR) is 103 cm³/mol. The summed E-state index contributed by atoms with van der Waals surface area (Å²) in [6.45, 7) is 1.87. The van der Waals surface area contributed by atoms with E-state index < -0.39 is 39.7 Å². The van der Waals surface area contributed by atoms with Crippen LogP contribution in [-0.4, -0.2) is 70.3 Å². The van der Waals surface area contributed by atoms with Crippen molar-refractivity contribution in [1.29, 1.82) is 0 Å². The van der Waals surface area contributed by atoms with Gasteiger partial charge in [0.15, 0.2) is 0 Å². The number of Topliss-reactive ketones (excluding diaryl/α,β-unsaturated/α-hetero) is 1. The van der Waals surface area contributed by atoms with E-state index in [-0.39, 0.29) is 36.0 Å². The van der Waals surface area contributed by atoms with Gasteiger partial charge in [-0.3, -0.25) is 29.4 Å². The lowest BCUT2D eigenvalue weighted by atomic mass is 9.54. The highest BCUT2D eigenvalue weighted by Crippen LogP contribution is 2.64. The van der Waals surface area contributed by atoms with Crippen LogP contribution in [0.4, 0.5) is 0 Å². The van der Waals surface area contributed by atoms with Gasteiger partial charge in [-0.25, -0.2) is 0 Å². The average molecular weight is 427 g/mol. The molecular weight excluding hydrogens is 406 g/mol. The van der Waals surface area contributed by atoms with Crippen molar-refractivity contribution in [3.8, 4) is 0 Å². The number of nitro groups is 1. The Balaban J connectivity index is 1.57. The number of ketones is 2. The van der Waals surface area contributed by atoms with E-state index >= 15 is 0 Å². The lowest BCUT2D eigenvalue weighted by Gasteiger charge is -2.55. The molecule has 0 radical (unpaired) electrons. The minimum absolute atomic E-state index is 0.0738. The van der Waals surface area contributed by atoms with Gasteiger partial charge in [0.2, 0.25) is 5.78 Å². The molecular formula is C21H21N3O7. The quantitative estimate of drug-likeness (QED) is 0.210. The van der Waals surface area contributed by atoms with E-state index in [9.17, 15) is 29.6 Å². The number of hydrogen-bond acceptors (Lipinski definition) is 8. The van der Waals surface area contributed by atoms with Crippen LogP contribution in [0, 0.1) is 27.4 Å². The molecule has 4 fully saturated rings. The highest BCUT2D eigenvalue weighted by atomic mass is 16.6. The van der Waals surface area contributed by atoms with Crippen LogP contribution in [-0.2, 0) is 19.1 Å². The molecule has 0 aromatic heterocycles. The summed E-state index contributed by atoms with van der Waals surface area (Å²) < 4.78 is 6.00. The van der Waals surface area contributed by atoms with Crippen molar-refractivity contribution in [2.75, 3.05) is 19.7 Å². The Bertz CT molecular complexity index is 1060. The monoisotopic (exact) mass is 427 g/mol. The van der Waals surface area contributed by atoms with Crippen molar-refractivity contribution in [2.45, 2.75) is 37.5 Å². The van der Waals surface area contributed by atoms with Gasteiger partial charge in [0.1, 0.15) is 5.70 Å². The van der Waals surface area contributed by atoms with E-state index in [1.54, 1.807) is 0 Å². The van der Waals surface area contributed by atoms with Crippen molar-refractivity contribution < 1.29 is 29.2 Å². The number of carbonyl (C=O) groups excluding carboxylic acids is 2. The van der Waals surface area contributed by atoms with E-state index in [1.807, 2.05) is 0 Å². The molecule has 0 aromatic rings. The Morgan fingerprint density at radius 3 is 2.97 bits per heavy atom. The van der Waals surface area contributed by atoms with Crippen LogP contribution in [0.1, 0.15) is 19.3 Å². The summed E-state index contributed by atoms with van der Waals surface area (Å²) in [5.74, 6) is -3.05. The Kier molecular flexibility index (Phi) is 3.72. The number of piperidine rings is 1. The van der Waals surface area contributed by atoms with Crippen molar-refractivity contribution in [3.63, 3.8) is 0 Å². The Labute approximate surface area is 176 Å². The van der Waals surface area contributed by atoms with Crippen LogP contribution in [0.2, 0.25) is 0 Å². The largest absolute Gasteiger partial charge is 0.481 e. The van der Waals surface area contributed by atoms with Crippen LogP contribution in [0.3, 0.4) is 0 Å². The van der Waals surface area contributed by atoms with E-state index in [4.69, 9.17) is 4.74 Å². The number of nitrogens with one attached hydrogen (secondary N) is 1. The zero-order chi connectivity index (χ0) is 21.7. The van der Waals surface area contributed by atoms with Crippen molar-refractivity contribution in [1.82, 2.24) is 10.2 Å². The smallest absolute Gasteiger partial charge is 0.343 e. The number of fused-ring (bicyclic) bond motifs is 2. The summed E-state index contributed by atoms with van der Waals surface area (Å²) >= 11 is 0. The molecule has 3 saturated heterocycles. The topological polar surface area (TPSA) is 139 Å². The third kappa shape index (κ3) is 2.26. The van der Waals surface area contributed by atoms with Gasteiger partial charge in [-0.2, -0.15) is 0 Å². The van der Waals surface area contributed by atoms with Crippen molar-refractivity contribution in [3.05, 3.63) is 44.8 Å². The summed E-state index contributed by atoms with van der Waals surface area (Å²) in [6.07, 6.45) is 4.09. The molecule has 162 valence electrons. The molecule has 0 aromatic carbocycles. The maximum absolute atomic E-state index is 12.4. The second-order valence-electron chi connectivity index (χ2n) is 9.30. The normalized spacial score (nSPS) is 40.5.